The number of carbonyl (C=O) groups excluding carboxylic acids is 3. The largest absolute Gasteiger partial charge is 0.342 e. The SMILES string of the molecule is CC(C)C(=O)N1CCN(C(=O)[C@H]2CCCN(C(=O)C3CC3)C2)CC1. The zero-order valence-corrected chi connectivity index (χ0v) is 14.9. The third kappa shape index (κ3) is 3.73. The number of rotatable bonds is 3. The lowest BCUT2D eigenvalue weighted by atomic mass is 9.95. The van der Waals surface area contributed by atoms with Gasteiger partial charge >= 0.3 is 0 Å². The van der Waals surface area contributed by atoms with E-state index in [0.29, 0.717) is 32.7 Å². The maximum absolute atomic E-state index is 12.8. The van der Waals surface area contributed by atoms with Crippen LogP contribution in [0.5, 0.6) is 0 Å². The Bertz CT molecular complexity index is 508. The summed E-state index contributed by atoms with van der Waals surface area (Å²) in [5.74, 6) is 0.756. The second-order valence-electron chi connectivity index (χ2n) is 7.70. The fraction of sp³-hybridized carbons (Fsp3) is 0.833. The van der Waals surface area contributed by atoms with Crippen LogP contribution in [0.4, 0.5) is 0 Å². The molecule has 3 amide bonds. The molecule has 0 unspecified atom stereocenters. The third-order valence-electron chi connectivity index (χ3n) is 5.41. The number of piperidine rings is 1. The zero-order chi connectivity index (χ0) is 17.3. The second kappa shape index (κ2) is 7.11. The van der Waals surface area contributed by atoms with Gasteiger partial charge in [0.05, 0.1) is 5.92 Å². The molecule has 2 aliphatic heterocycles. The van der Waals surface area contributed by atoms with Gasteiger partial charge in [-0.25, -0.2) is 0 Å². The van der Waals surface area contributed by atoms with Crippen LogP contribution in [0.1, 0.15) is 39.5 Å². The third-order valence-corrected chi connectivity index (χ3v) is 5.41. The van der Waals surface area contributed by atoms with Crippen molar-refractivity contribution >= 4 is 17.7 Å². The van der Waals surface area contributed by atoms with Crippen molar-refractivity contribution in [2.75, 3.05) is 39.3 Å². The normalized spacial score (nSPS) is 25.1. The van der Waals surface area contributed by atoms with E-state index < -0.39 is 0 Å². The van der Waals surface area contributed by atoms with Crippen molar-refractivity contribution in [3.63, 3.8) is 0 Å². The Morgan fingerprint density at radius 2 is 1.33 bits per heavy atom. The van der Waals surface area contributed by atoms with Crippen molar-refractivity contribution in [3.8, 4) is 0 Å². The molecule has 0 aromatic carbocycles. The highest BCUT2D eigenvalue weighted by atomic mass is 16.2. The van der Waals surface area contributed by atoms with Gasteiger partial charge in [0.2, 0.25) is 17.7 Å². The van der Waals surface area contributed by atoms with E-state index in [2.05, 4.69) is 0 Å². The summed E-state index contributed by atoms with van der Waals surface area (Å²) in [7, 11) is 0. The molecule has 2 heterocycles. The Balaban J connectivity index is 1.51. The number of carbonyl (C=O) groups is 3. The van der Waals surface area contributed by atoms with Gasteiger partial charge in [-0.1, -0.05) is 13.8 Å². The predicted molar refractivity (Wildman–Crippen MR) is 90.0 cm³/mol. The Kier molecular flexibility index (Phi) is 5.11. The molecular weight excluding hydrogens is 306 g/mol. The molecule has 3 fully saturated rings. The minimum Gasteiger partial charge on any atom is -0.342 e. The molecule has 6 nitrogen and oxygen atoms in total. The average Bonchev–Trinajstić information content (AvgIpc) is 3.45. The predicted octanol–water partition coefficient (Wildman–Crippen LogP) is 0.962. The van der Waals surface area contributed by atoms with Crippen molar-refractivity contribution in [1.29, 1.82) is 0 Å². The van der Waals surface area contributed by atoms with Crippen molar-refractivity contribution < 1.29 is 14.4 Å². The van der Waals surface area contributed by atoms with Gasteiger partial charge in [0.25, 0.3) is 0 Å². The first-order valence-electron chi connectivity index (χ1n) is 9.33. The van der Waals surface area contributed by atoms with Crippen LogP contribution in [0.3, 0.4) is 0 Å². The summed E-state index contributed by atoms with van der Waals surface area (Å²) in [6.45, 7) is 7.69. The fourth-order valence-corrected chi connectivity index (χ4v) is 3.74. The monoisotopic (exact) mass is 335 g/mol. The van der Waals surface area contributed by atoms with Gasteiger partial charge in [0, 0.05) is 51.1 Å². The fourth-order valence-electron chi connectivity index (χ4n) is 3.74. The van der Waals surface area contributed by atoms with E-state index in [0.717, 1.165) is 32.2 Å². The first-order valence-corrected chi connectivity index (χ1v) is 9.33. The summed E-state index contributed by atoms with van der Waals surface area (Å²) in [6, 6.07) is 0. The van der Waals surface area contributed by atoms with Gasteiger partial charge in [-0.3, -0.25) is 14.4 Å². The molecule has 3 aliphatic rings. The highest BCUT2D eigenvalue weighted by Crippen LogP contribution is 2.32. The molecule has 0 bridgehead atoms. The summed E-state index contributed by atoms with van der Waals surface area (Å²) >= 11 is 0. The number of piperazine rings is 1. The van der Waals surface area contributed by atoms with Gasteiger partial charge in [0.15, 0.2) is 0 Å². The molecule has 0 aromatic heterocycles. The van der Waals surface area contributed by atoms with Crippen LogP contribution < -0.4 is 0 Å². The minimum atomic E-state index is -0.0613. The lowest BCUT2D eigenvalue weighted by Gasteiger charge is -2.39. The molecule has 1 saturated carbocycles. The molecular formula is C18H29N3O3. The molecule has 2 saturated heterocycles. The molecule has 1 aliphatic carbocycles. The standard InChI is InChI=1S/C18H29N3O3/c1-13(2)16(22)19-8-10-20(11-9-19)18(24)15-4-3-7-21(12-15)17(23)14-5-6-14/h13-15H,3-12H2,1-2H3/t15-/m0/s1. The maximum atomic E-state index is 12.8. The van der Waals surface area contributed by atoms with Gasteiger partial charge in [0.1, 0.15) is 0 Å². The van der Waals surface area contributed by atoms with Crippen LogP contribution in [0.2, 0.25) is 0 Å². The zero-order valence-electron chi connectivity index (χ0n) is 14.9. The van der Waals surface area contributed by atoms with Crippen molar-refractivity contribution in [1.82, 2.24) is 14.7 Å². The lowest BCUT2D eigenvalue weighted by Crippen LogP contribution is -2.54. The van der Waals surface area contributed by atoms with E-state index in [-0.39, 0.29) is 35.5 Å². The van der Waals surface area contributed by atoms with Crippen LogP contribution in [-0.4, -0.2) is 71.7 Å². The van der Waals surface area contributed by atoms with Crippen molar-refractivity contribution in [2.24, 2.45) is 17.8 Å². The Hall–Kier alpha value is -1.59. The van der Waals surface area contributed by atoms with Crippen LogP contribution in [0.15, 0.2) is 0 Å². The molecule has 0 spiro atoms. The number of hydrogen-bond acceptors (Lipinski definition) is 3. The van der Waals surface area contributed by atoms with Gasteiger partial charge < -0.3 is 14.7 Å². The smallest absolute Gasteiger partial charge is 0.227 e. The summed E-state index contributed by atoms with van der Waals surface area (Å²) in [6.07, 6.45) is 3.82. The first-order chi connectivity index (χ1) is 11.5. The minimum absolute atomic E-state index is 0.00703. The van der Waals surface area contributed by atoms with Gasteiger partial charge in [-0.05, 0) is 25.7 Å². The van der Waals surface area contributed by atoms with Gasteiger partial charge in [-0.2, -0.15) is 0 Å². The number of likely N-dealkylation sites (tertiary alicyclic amines) is 1. The molecule has 0 N–H and O–H groups in total. The maximum Gasteiger partial charge on any atom is 0.227 e. The number of hydrogen-bond donors (Lipinski definition) is 0. The quantitative estimate of drug-likeness (QED) is 0.772. The Labute approximate surface area is 144 Å². The Morgan fingerprint density at radius 1 is 0.750 bits per heavy atom. The van der Waals surface area contributed by atoms with Crippen molar-refractivity contribution in [3.05, 3.63) is 0 Å². The topological polar surface area (TPSA) is 60.9 Å². The summed E-state index contributed by atoms with van der Waals surface area (Å²) in [5.41, 5.74) is 0. The van der Waals surface area contributed by atoms with Crippen LogP contribution in [0.25, 0.3) is 0 Å². The summed E-state index contributed by atoms with van der Waals surface area (Å²) < 4.78 is 0. The van der Waals surface area contributed by atoms with Gasteiger partial charge in [-0.15, -0.1) is 0 Å². The van der Waals surface area contributed by atoms with Crippen LogP contribution in [-0.2, 0) is 14.4 Å². The lowest BCUT2D eigenvalue weighted by molar-refractivity contribution is -0.146. The molecule has 1 atom stereocenters. The molecule has 0 aromatic rings. The molecule has 3 rings (SSSR count). The van der Waals surface area contributed by atoms with E-state index in [4.69, 9.17) is 0 Å². The molecule has 134 valence electrons. The summed E-state index contributed by atoms with van der Waals surface area (Å²) in [5, 5.41) is 0. The van der Waals surface area contributed by atoms with E-state index in [1.165, 1.54) is 0 Å². The van der Waals surface area contributed by atoms with E-state index in [1.54, 1.807) is 0 Å². The van der Waals surface area contributed by atoms with E-state index in [1.807, 2.05) is 28.5 Å². The highest BCUT2D eigenvalue weighted by molar-refractivity contribution is 5.84. The molecule has 6 heteroatoms. The second-order valence-corrected chi connectivity index (χ2v) is 7.70. The summed E-state index contributed by atoms with van der Waals surface area (Å²) in [4.78, 5) is 42.7. The Morgan fingerprint density at radius 3 is 1.92 bits per heavy atom. The van der Waals surface area contributed by atoms with E-state index >= 15 is 0 Å². The van der Waals surface area contributed by atoms with Crippen LogP contribution in [0, 0.1) is 17.8 Å². The van der Waals surface area contributed by atoms with Crippen LogP contribution >= 0.6 is 0 Å². The average molecular weight is 335 g/mol. The number of nitrogens with zero attached hydrogens (tertiary/aromatic N) is 3. The highest BCUT2D eigenvalue weighted by Gasteiger charge is 2.38. The van der Waals surface area contributed by atoms with E-state index in [9.17, 15) is 14.4 Å². The number of amides is 3. The van der Waals surface area contributed by atoms with Crippen molar-refractivity contribution in [2.45, 2.75) is 39.5 Å². The first kappa shape index (κ1) is 17.2. The molecule has 24 heavy (non-hydrogen) atoms. The molecule has 0 radical (unpaired) electrons.